The predicted molar refractivity (Wildman–Crippen MR) is 108 cm³/mol. The Balaban J connectivity index is 2.36. The quantitative estimate of drug-likeness (QED) is 0.512. The first-order valence-electron chi connectivity index (χ1n) is 8.72. The zero-order valence-electron chi connectivity index (χ0n) is 16.3. The molecule has 0 unspecified atom stereocenters. The van der Waals surface area contributed by atoms with E-state index in [9.17, 15) is 24.3 Å². The first kappa shape index (κ1) is 21.9. The highest BCUT2D eigenvalue weighted by Crippen LogP contribution is 2.58. The van der Waals surface area contributed by atoms with Crippen LogP contribution in [0.15, 0.2) is 34.1 Å². The zero-order valence-corrected chi connectivity index (χ0v) is 17.9. The van der Waals surface area contributed by atoms with Gasteiger partial charge < -0.3 is 24.3 Å². The number of thiazole rings is 1. The summed E-state index contributed by atoms with van der Waals surface area (Å²) in [5, 5.41) is 10.8. The van der Waals surface area contributed by atoms with Crippen LogP contribution >= 0.6 is 23.1 Å². The second-order valence-electron chi connectivity index (χ2n) is 6.48. The molecule has 160 valence electrons. The first-order valence-corrected chi connectivity index (χ1v) is 10.3. The molecule has 0 bridgehead atoms. The van der Waals surface area contributed by atoms with E-state index in [0.29, 0.717) is 15.5 Å². The maximum Gasteiger partial charge on any atom is 0.323 e. The molecule has 0 spiro atoms. The van der Waals surface area contributed by atoms with Gasteiger partial charge in [-0.05, 0) is 6.07 Å². The van der Waals surface area contributed by atoms with Crippen molar-refractivity contribution in [2.24, 2.45) is 5.92 Å². The summed E-state index contributed by atoms with van der Waals surface area (Å²) >= 11 is 1.71. The summed E-state index contributed by atoms with van der Waals surface area (Å²) < 4.78 is 12.9. The number of aromatic hydroxyl groups is 1. The number of phenolic OH excluding ortho intramolecular Hbond substituents is 1. The van der Waals surface area contributed by atoms with Gasteiger partial charge in [-0.1, -0.05) is 41.3 Å². The molecule has 1 aromatic carbocycles. The smallest absolute Gasteiger partial charge is 0.323 e. The summed E-state index contributed by atoms with van der Waals surface area (Å²) in [6, 6.07) is 6.27. The van der Waals surface area contributed by atoms with Crippen LogP contribution in [0.25, 0.3) is 0 Å². The third kappa shape index (κ3) is 3.58. The highest BCUT2D eigenvalue weighted by Gasteiger charge is 2.61. The van der Waals surface area contributed by atoms with Crippen molar-refractivity contribution in [2.75, 3.05) is 21.3 Å². The topological polar surface area (TPSA) is 132 Å². The molecular formula is C19H19NO8S2. The molecule has 30 heavy (non-hydrogen) atoms. The third-order valence-electron chi connectivity index (χ3n) is 4.94. The molecule has 9 nitrogen and oxygen atoms in total. The standard InChI is InChI=1S/C19H19NO8S2/c1-26-11(22)8-19(17(24)28-3)13(16(23)27-2)12(9-6-4-5-7-10(9)21)14-15(30-19)20-18(25)29-14/h4-7,12-13,21H,8H2,1-3H3,(H,20,25)/t12-,13+,19-/m1/s1. The summed E-state index contributed by atoms with van der Waals surface area (Å²) in [4.78, 5) is 53.2. The second kappa shape index (κ2) is 8.52. The van der Waals surface area contributed by atoms with E-state index >= 15 is 0 Å². The molecule has 2 N–H and O–H groups in total. The van der Waals surface area contributed by atoms with Crippen LogP contribution < -0.4 is 4.87 Å². The molecule has 2 heterocycles. The molecular weight excluding hydrogens is 434 g/mol. The lowest BCUT2D eigenvalue weighted by Crippen LogP contribution is -2.53. The Kier molecular flexibility index (Phi) is 6.22. The van der Waals surface area contributed by atoms with Gasteiger partial charge in [0.2, 0.25) is 0 Å². The van der Waals surface area contributed by atoms with Crippen molar-refractivity contribution in [1.82, 2.24) is 4.98 Å². The maximum atomic E-state index is 13.0. The summed E-state index contributed by atoms with van der Waals surface area (Å²) in [7, 11) is 3.45. The summed E-state index contributed by atoms with van der Waals surface area (Å²) in [5.74, 6) is -4.76. The van der Waals surface area contributed by atoms with E-state index in [2.05, 4.69) is 4.98 Å². The number of carbonyl (C=O) groups is 3. The van der Waals surface area contributed by atoms with Crippen molar-refractivity contribution in [3.05, 3.63) is 44.4 Å². The van der Waals surface area contributed by atoms with E-state index < -0.39 is 45.8 Å². The Morgan fingerprint density at radius 1 is 1.13 bits per heavy atom. The van der Waals surface area contributed by atoms with Crippen LogP contribution in [0, 0.1) is 5.92 Å². The average Bonchev–Trinajstić information content (AvgIpc) is 3.11. The predicted octanol–water partition coefficient (Wildman–Crippen LogP) is 1.64. The van der Waals surface area contributed by atoms with Crippen molar-refractivity contribution in [3.63, 3.8) is 0 Å². The fourth-order valence-electron chi connectivity index (χ4n) is 3.64. The number of aromatic nitrogens is 1. The molecule has 3 rings (SSSR count). The van der Waals surface area contributed by atoms with Gasteiger partial charge in [-0.3, -0.25) is 19.2 Å². The zero-order chi connectivity index (χ0) is 22.1. The maximum absolute atomic E-state index is 13.0. The van der Waals surface area contributed by atoms with Gasteiger partial charge >= 0.3 is 22.8 Å². The summed E-state index contributed by atoms with van der Waals surface area (Å²) in [5.41, 5.74) is 0.308. The number of H-pyrrole nitrogens is 1. The van der Waals surface area contributed by atoms with E-state index in [-0.39, 0.29) is 5.75 Å². The lowest BCUT2D eigenvalue weighted by Gasteiger charge is -2.42. The molecule has 2 aromatic rings. The minimum absolute atomic E-state index is 0.132. The Labute approximate surface area is 179 Å². The molecule has 3 atom stereocenters. The SMILES string of the molecule is COC(=O)C[C@@]1(C(=O)OC)Sc2[nH]c(=O)sc2[C@H](c2ccccc2O)[C@H]1C(=O)OC. The molecule has 1 aliphatic heterocycles. The fraction of sp³-hybridized carbons (Fsp3) is 0.368. The second-order valence-corrected chi connectivity index (χ2v) is 8.84. The summed E-state index contributed by atoms with van der Waals surface area (Å²) in [6.07, 6.45) is -0.512. The van der Waals surface area contributed by atoms with E-state index in [1.165, 1.54) is 6.07 Å². The van der Waals surface area contributed by atoms with Gasteiger partial charge in [-0.25, -0.2) is 0 Å². The van der Waals surface area contributed by atoms with Gasteiger partial charge in [0.15, 0.2) is 0 Å². The normalized spacial score (nSPS) is 22.6. The van der Waals surface area contributed by atoms with Gasteiger partial charge in [0.25, 0.3) is 0 Å². The molecule has 0 radical (unpaired) electrons. The molecule has 11 heteroatoms. The van der Waals surface area contributed by atoms with E-state index in [0.717, 1.165) is 44.4 Å². The van der Waals surface area contributed by atoms with Gasteiger partial charge in [-0.2, -0.15) is 0 Å². The van der Waals surface area contributed by atoms with Crippen LogP contribution in [0.1, 0.15) is 22.8 Å². The highest BCUT2D eigenvalue weighted by molar-refractivity contribution is 8.01. The number of esters is 3. The molecule has 0 aliphatic carbocycles. The van der Waals surface area contributed by atoms with Gasteiger partial charge in [0.05, 0.1) is 38.7 Å². The van der Waals surface area contributed by atoms with Crippen molar-refractivity contribution >= 4 is 41.0 Å². The largest absolute Gasteiger partial charge is 0.508 e. The molecule has 0 saturated carbocycles. The lowest BCUT2D eigenvalue weighted by atomic mass is 9.74. The van der Waals surface area contributed by atoms with Crippen LogP contribution in [0.2, 0.25) is 0 Å². The molecule has 0 fully saturated rings. The Hall–Kier alpha value is -2.79. The molecule has 1 aromatic heterocycles. The van der Waals surface area contributed by atoms with Crippen molar-refractivity contribution < 1.29 is 33.7 Å². The van der Waals surface area contributed by atoms with Crippen molar-refractivity contribution in [1.29, 1.82) is 0 Å². The van der Waals surface area contributed by atoms with Crippen LogP contribution in [0.3, 0.4) is 0 Å². The molecule has 1 aliphatic rings. The number of hydrogen-bond donors (Lipinski definition) is 2. The number of ether oxygens (including phenoxy) is 3. The number of carbonyl (C=O) groups excluding carboxylic acids is 3. The van der Waals surface area contributed by atoms with Gasteiger partial charge in [0.1, 0.15) is 10.5 Å². The number of benzene rings is 1. The number of fused-ring (bicyclic) bond motifs is 1. The lowest BCUT2D eigenvalue weighted by molar-refractivity contribution is -0.159. The van der Waals surface area contributed by atoms with E-state index in [1.54, 1.807) is 18.2 Å². The fourth-order valence-corrected chi connectivity index (χ4v) is 6.30. The van der Waals surface area contributed by atoms with Crippen molar-refractivity contribution in [2.45, 2.75) is 22.1 Å². The molecule has 0 amide bonds. The highest BCUT2D eigenvalue weighted by atomic mass is 32.2. The minimum Gasteiger partial charge on any atom is -0.508 e. The monoisotopic (exact) mass is 453 g/mol. The number of aromatic amines is 1. The Bertz CT molecular complexity index is 1050. The Morgan fingerprint density at radius 2 is 1.83 bits per heavy atom. The minimum atomic E-state index is -1.79. The van der Waals surface area contributed by atoms with Crippen molar-refractivity contribution in [3.8, 4) is 5.75 Å². The average molecular weight is 453 g/mol. The van der Waals surface area contributed by atoms with Crippen LogP contribution in [0.5, 0.6) is 5.75 Å². The number of methoxy groups -OCH3 is 3. The summed E-state index contributed by atoms with van der Waals surface area (Å²) in [6.45, 7) is 0. The third-order valence-corrected chi connectivity index (χ3v) is 7.49. The van der Waals surface area contributed by atoms with E-state index in [1.807, 2.05) is 0 Å². The van der Waals surface area contributed by atoms with Crippen LogP contribution in [0.4, 0.5) is 0 Å². The van der Waals surface area contributed by atoms with Gasteiger partial charge in [0, 0.05) is 16.4 Å². The van der Waals surface area contributed by atoms with Gasteiger partial charge in [-0.15, -0.1) is 0 Å². The van der Waals surface area contributed by atoms with E-state index in [4.69, 9.17) is 14.2 Å². The van der Waals surface area contributed by atoms with Crippen LogP contribution in [-0.4, -0.2) is 54.1 Å². The number of phenols is 1. The number of thioether (sulfide) groups is 1. The number of rotatable bonds is 5. The Morgan fingerprint density at radius 3 is 2.43 bits per heavy atom. The van der Waals surface area contributed by atoms with Crippen LogP contribution in [-0.2, 0) is 28.6 Å². The molecule has 0 saturated heterocycles. The number of nitrogens with one attached hydrogen (secondary N) is 1. The number of para-hydroxylation sites is 1. The number of hydrogen-bond acceptors (Lipinski definition) is 10. The first-order chi connectivity index (χ1) is 14.3.